The Bertz CT molecular complexity index is 722. The molecule has 0 spiro atoms. The summed E-state index contributed by atoms with van der Waals surface area (Å²) in [6.45, 7) is 4.57. The molecule has 0 atom stereocenters. The molecule has 144 valence electrons. The van der Waals surface area contributed by atoms with E-state index in [0.717, 1.165) is 6.42 Å². The van der Waals surface area contributed by atoms with Gasteiger partial charge in [-0.1, -0.05) is 70.2 Å². The van der Waals surface area contributed by atoms with Crippen molar-refractivity contribution >= 4 is 5.97 Å². The summed E-state index contributed by atoms with van der Waals surface area (Å²) in [6.07, 6.45) is 11.2. The summed E-state index contributed by atoms with van der Waals surface area (Å²) >= 11 is 0. The molecule has 0 amide bonds. The van der Waals surface area contributed by atoms with Crippen LogP contribution in [0.25, 0.3) is 0 Å². The van der Waals surface area contributed by atoms with Crippen LogP contribution in [0.2, 0.25) is 0 Å². The highest BCUT2D eigenvalue weighted by atomic mass is 16.5. The first-order valence-corrected chi connectivity index (χ1v) is 10.5. The summed E-state index contributed by atoms with van der Waals surface area (Å²) in [5, 5.41) is 0. The van der Waals surface area contributed by atoms with Gasteiger partial charge in [-0.3, -0.25) is 0 Å². The highest BCUT2D eigenvalue weighted by Crippen LogP contribution is 2.39. The SMILES string of the molecule is CCCCCc1ccc(C(=O)Oc2ccc(C3(C)CCCCC3)cc2)cc1. The summed E-state index contributed by atoms with van der Waals surface area (Å²) in [5.74, 6) is 0.335. The van der Waals surface area contributed by atoms with Crippen molar-refractivity contribution in [2.75, 3.05) is 0 Å². The highest BCUT2D eigenvalue weighted by molar-refractivity contribution is 5.91. The molecule has 2 nitrogen and oxygen atoms in total. The van der Waals surface area contributed by atoms with E-state index in [-0.39, 0.29) is 11.4 Å². The van der Waals surface area contributed by atoms with Gasteiger partial charge in [0.25, 0.3) is 0 Å². The molecule has 0 saturated heterocycles. The number of hydrogen-bond donors (Lipinski definition) is 0. The van der Waals surface area contributed by atoms with Crippen LogP contribution in [0.4, 0.5) is 0 Å². The molecule has 27 heavy (non-hydrogen) atoms. The molecule has 1 fully saturated rings. The molecular formula is C25H32O2. The van der Waals surface area contributed by atoms with Gasteiger partial charge in [0.2, 0.25) is 0 Å². The summed E-state index contributed by atoms with van der Waals surface area (Å²) in [7, 11) is 0. The predicted molar refractivity (Wildman–Crippen MR) is 112 cm³/mol. The molecule has 2 aromatic carbocycles. The predicted octanol–water partition coefficient (Wildman–Crippen LogP) is 6.86. The standard InChI is InChI=1S/C25H32O2/c1-3-4-6-9-20-10-12-21(13-11-20)24(26)27-23-16-14-22(15-17-23)25(2)18-7-5-8-19-25/h10-17H,3-9,18-19H2,1-2H3. The van der Waals surface area contributed by atoms with Crippen molar-refractivity contribution in [2.45, 2.75) is 77.0 Å². The summed E-state index contributed by atoms with van der Waals surface area (Å²) < 4.78 is 5.58. The van der Waals surface area contributed by atoms with Crippen molar-refractivity contribution in [1.82, 2.24) is 0 Å². The van der Waals surface area contributed by atoms with Crippen LogP contribution in [0.5, 0.6) is 5.75 Å². The minimum atomic E-state index is -0.285. The fraction of sp³-hybridized carbons (Fsp3) is 0.480. The molecule has 0 radical (unpaired) electrons. The number of rotatable bonds is 7. The van der Waals surface area contributed by atoms with E-state index in [4.69, 9.17) is 4.74 Å². The minimum absolute atomic E-state index is 0.272. The van der Waals surface area contributed by atoms with Crippen molar-refractivity contribution in [2.24, 2.45) is 0 Å². The van der Waals surface area contributed by atoms with Gasteiger partial charge in [0.1, 0.15) is 5.75 Å². The third kappa shape index (κ3) is 5.22. The van der Waals surface area contributed by atoms with Crippen LogP contribution in [0, 0.1) is 0 Å². The summed E-state index contributed by atoms with van der Waals surface area (Å²) in [5.41, 5.74) is 3.52. The topological polar surface area (TPSA) is 26.3 Å². The first-order chi connectivity index (χ1) is 13.1. The normalized spacial score (nSPS) is 16.1. The number of carbonyl (C=O) groups is 1. The third-order valence-electron chi connectivity index (χ3n) is 5.98. The van der Waals surface area contributed by atoms with E-state index in [0.29, 0.717) is 11.3 Å². The molecule has 1 aliphatic rings. The van der Waals surface area contributed by atoms with Gasteiger partial charge in [0, 0.05) is 0 Å². The lowest BCUT2D eigenvalue weighted by Crippen LogP contribution is -2.24. The van der Waals surface area contributed by atoms with Crippen LogP contribution in [0.1, 0.15) is 86.7 Å². The fourth-order valence-electron chi connectivity index (χ4n) is 4.10. The molecule has 0 bridgehead atoms. The average Bonchev–Trinajstić information content (AvgIpc) is 2.70. The zero-order chi connectivity index (χ0) is 19.1. The third-order valence-corrected chi connectivity index (χ3v) is 5.98. The van der Waals surface area contributed by atoms with E-state index < -0.39 is 0 Å². The fourth-order valence-corrected chi connectivity index (χ4v) is 4.10. The maximum Gasteiger partial charge on any atom is 0.343 e. The van der Waals surface area contributed by atoms with Gasteiger partial charge in [0.15, 0.2) is 0 Å². The van der Waals surface area contributed by atoms with Gasteiger partial charge in [-0.25, -0.2) is 4.79 Å². The molecule has 0 unspecified atom stereocenters. The van der Waals surface area contributed by atoms with Crippen molar-refractivity contribution in [3.63, 3.8) is 0 Å². The second-order valence-electron chi connectivity index (χ2n) is 8.19. The maximum absolute atomic E-state index is 12.4. The minimum Gasteiger partial charge on any atom is -0.423 e. The lowest BCUT2D eigenvalue weighted by molar-refractivity contribution is 0.0734. The van der Waals surface area contributed by atoms with Crippen molar-refractivity contribution in [3.8, 4) is 5.75 Å². The largest absolute Gasteiger partial charge is 0.423 e. The Morgan fingerprint density at radius 1 is 0.926 bits per heavy atom. The Morgan fingerprint density at radius 3 is 2.22 bits per heavy atom. The highest BCUT2D eigenvalue weighted by Gasteiger charge is 2.28. The number of aryl methyl sites for hydroxylation is 1. The Hall–Kier alpha value is -2.09. The van der Waals surface area contributed by atoms with E-state index in [1.807, 2.05) is 36.4 Å². The quantitative estimate of drug-likeness (QED) is 0.305. The zero-order valence-electron chi connectivity index (χ0n) is 16.8. The van der Waals surface area contributed by atoms with Crippen LogP contribution in [0.3, 0.4) is 0 Å². The second kappa shape index (κ2) is 9.21. The monoisotopic (exact) mass is 364 g/mol. The first-order valence-electron chi connectivity index (χ1n) is 10.5. The number of ether oxygens (including phenoxy) is 1. The van der Waals surface area contributed by atoms with Gasteiger partial charge in [0.05, 0.1) is 5.56 Å². The summed E-state index contributed by atoms with van der Waals surface area (Å²) in [4.78, 5) is 12.4. The van der Waals surface area contributed by atoms with Gasteiger partial charge in [-0.2, -0.15) is 0 Å². The number of esters is 1. The lowest BCUT2D eigenvalue weighted by Gasteiger charge is -2.34. The van der Waals surface area contributed by atoms with Crippen LogP contribution in [-0.2, 0) is 11.8 Å². The van der Waals surface area contributed by atoms with Crippen LogP contribution < -0.4 is 4.74 Å². The van der Waals surface area contributed by atoms with Crippen molar-refractivity contribution in [1.29, 1.82) is 0 Å². The van der Waals surface area contributed by atoms with E-state index in [1.54, 1.807) is 0 Å². The number of benzene rings is 2. The van der Waals surface area contributed by atoms with Gasteiger partial charge in [-0.15, -0.1) is 0 Å². The van der Waals surface area contributed by atoms with Gasteiger partial charge >= 0.3 is 5.97 Å². The molecule has 3 rings (SSSR count). The van der Waals surface area contributed by atoms with E-state index in [9.17, 15) is 4.79 Å². The Balaban J connectivity index is 1.59. The number of carbonyl (C=O) groups excluding carboxylic acids is 1. The smallest absolute Gasteiger partial charge is 0.343 e. The molecule has 2 aromatic rings. The zero-order valence-corrected chi connectivity index (χ0v) is 16.8. The van der Waals surface area contributed by atoms with Gasteiger partial charge in [-0.05, 0) is 66.5 Å². The number of hydrogen-bond acceptors (Lipinski definition) is 2. The van der Waals surface area contributed by atoms with E-state index >= 15 is 0 Å². The molecule has 0 N–H and O–H groups in total. The second-order valence-corrected chi connectivity index (χ2v) is 8.19. The summed E-state index contributed by atoms with van der Waals surface area (Å²) in [6, 6.07) is 16.0. The molecule has 0 aromatic heterocycles. The van der Waals surface area contributed by atoms with Gasteiger partial charge < -0.3 is 4.74 Å². The van der Waals surface area contributed by atoms with E-state index in [1.165, 1.54) is 62.5 Å². The molecule has 2 heteroatoms. The van der Waals surface area contributed by atoms with E-state index in [2.05, 4.69) is 26.0 Å². The first kappa shape index (κ1) is 19.7. The van der Waals surface area contributed by atoms with Crippen LogP contribution in [-0.4, -0.2) is 5.97 Å². The number of unbranched alkanes of at least 4 members (excludes halogenated alkanes) is 2. The molecule has 1 aliphatic carbocycles. The van der Waals surface area contributed by atoms with Crippen molar-refractivity contribution in [3.05, 3.63) is 65.2 Å². The molecule has 0 heterocycles. The Labute approximate surface area is 164 Å². The molecule has 1 saturated carbocycles. The molecular weight excluding hydrogens is 332 g/mol. The molecule has 0 aliphatic heterocycles. The Kier molecular flexibility index (Phi) is 6.71. The Morgan fingerprint density at radius 2 is 1.59 bits per heavy atom. The van der Waals surface area contributed by atoms with Crippen LogP contribution in [0.15, 0.2) is 48.5 Å². The average molecular weight is 365 g/mol. The van der Waals surface area contributed by atoms with Crippen LogP contribution >= 0.6 is 0 Å². The van der Waals surface area contributed by atoms with Crippen molar-refractivity contribution < 1.29 is 9.53 Å². The lowest BCUT2D eigenvalue weighted by atomic mass is 9.71. The maximum atomic E-state index is 12.4.